The summed E-state index contributed by atoms with van der Waals surface area (Å²) >= 11 is 5.02. The molecule has 1 rings (SSSR count). The third-order valence-corrected chi connectivity index (χ3v) is 2.88. The van der Waals surface area contributed by atoms with Gasteiger partial charge in [-0.3, -0.25) is 4.79 Å². The molecule has 1 aromatic rings. The summed E-state index contributed by atoms with van der Waals surface area (Å²) in [5, 5.41) is 6.07. The highest BCUT2D eigenvalue weighted by molar-refractivity contribution is 7.80. The Balaban J connectivity index is 2.06. The molecule has 0 heterocycles. The predicted molar refractivity (Wildman–Crippen MR) is 84.8 cm³/mol. The van der Waals surface area contributed by atoms with E-state index >= 15 is 0 Å². The van der Waals surface area contributed by atoms with Crippen LogP contribution in [0.25, 0.3) is 0 Å². The van der Waals surface area contributed by atoms with Crippen LogP contribution in [-0.2, 0) is 4.79 Å². The van der Waals surface area contributed by atoms with Gasteiger partial charge in [0.05, 0.1) is 6.61 Å². The summed E-state index contributed by atoms with van der Waals surface area (Å²) in [6.07, 6.45) is 3.21. The molecule has 0 fully saturated rings. The molecule has 4 nitrogen and oxygen atoms in total. The summed E-state index contributed by atoms with van der Waals surface area (Å²) < 4.78 is 5.51. The van der Waals surface area contributed by atoms with Gasteiger partial charge < -0.3 is 15.4 Å². The smallest absolute Gasteiger partial charge is 0.226 e. The third-order valence-electron chi connectivity index (χ3n) is 2.63. The maximum atomic E-state index is 11.6. The molecule has 0 unspecified atom stereocenters. The Bertz CT molecular complexity index is 410. The molecule has 0 aromatic heterocycles. The maximum absolute atomic E-state index is 11.6. The standard InChI is InChI=1S/C15H22N2O2S/c1-2-3-11-16-15(20)17-14(18)10-7-12-19-13-8-5-4-6-9-13/h4-6,8-9H,2-3,7,10-12H2,1H3,(H2,16,17,18,20). The number of hydrogen-bond acceptors (Lipinski definition) is 3. The molecule has 0 aliphatic rings. The average molecular weight is 294 g/mol. The van der Waals surface area contributed by atoms with E-state index < -0.39 is 0 Å². The van der Waals surface area contributed by atoms with Crippen LogP contribution in [-0.4, -0.2) is 24.2 Å². The summed E-state index contributed by atoms with van der Waals surface area (Å²) in [6, 6.07) is 9.57. The van der Waals surface area contributed by atoms with Crippen LogP contribution in [0.1, 0.15) is 32.6 Å². The van der Waals surface area contributed by atoms with Crippen molar-refractivity contribution in [2.24, 2.45) is 0 Å². The Morgan fingerprint density at radius 1 is 1.25 bits per heavy atom. The number of carbonyl (C=O) groups is 1. The van der Waals surface area contributed by atoms with Gasteiger partial charge in [0, 0.05) is 13.0 Å². The van der Waals surface area contributed by atoms with Crippen LogP contribution in [0, 0.1) is 0 Å². The molecule has 0 aliphatic carbocycles. The van der Waals surface area contributed by atoms with Crippen molar-refractivity contribution in [2.75, 3.05) is 13.2 Å². The van der Waals surface area contributed by atoms with Crippen molar-refractivity contribution in [3.05, 3.63) is 30.3 Å². The quantitative estimate of drug-likeness (QED) is 0.571. The van der Waals surface area contributed by atoms with Gasteiger partial charge >= 0.3 is 0 Å². The fraction of sp³-hybridized carbons (Fsp3) is 0.467. The lowest BCUT2D eigenvalue weighted by molar-refractivity contribution is -0.119. The first-order chi connectivity index (χ1) is 9.72. The lowest BCUT2D eigenvalue weighted by Crippen LogP contribution is -2.39. The molecular formula is C15H22N2O2S. The van der Waals surface area contributed by atoms with Crippen molar-refractivity contribution in [1.29, 1.82) is 0 Å². The minimum absolute atomic E-state index is 0.0735. The van der Waals surface area contributed by atoms with Crippen molar-refractivity contribution < 1.29 is 9.53 Å². The number of benzene rings is 1. The summed E-state index contributed by atoms with van der Waals surface area (Å²) in [6.45, 7) is 3.43. The number of hydrogen-bond donors (Lipinski definition) is 2. The second-order valence-electron chi connectivity index (χ2n) is 4.42. The largest absolute Gasteiger partial charge is 0.494 e. The lowest BCUT2D eigenvalue weighted by Gasteiger charge is -2.09. The van der Waals surface area contributed by atoms with E-state index in [0.717, 1.165) is 25.1 Å². The van der Waals surface area contributed by atoms with Crippen molar-refractivity contribution in [3.63, 3.8) is 0 Å². The fourth-order valence-electron chi connectivity index (χ4n) is 1.55. The molecular weight excluding hydrogens is 272 g/mol. The highest BCUT2D eigenvalue weighted by atomic mass is 32.1. The normalized spacial score (nSPS) is 9.85. The van der Waals surface area contributed by atoms with Gasteiger partial charge in [0.25, 0.3) is 0 Å². The van der Waals surface area contributed by atoms with Crippen LogP contribution < -0.4 is 15.4 Å². The molecule has 0 aliphatic heterocycles. The number of amides is 1. The highest BCUT2D eigenvalue weighted by Gasteiger charge is 2.04. The minimum Gasteiger partial charge on any atom is -0.494 e. The summed E-state index contributed by atoms with van der Waals surface area (Å²) in [5.74, 6) is 0.750. The fourth-order valence-corrected chi connectivity index (χ4v) is 1.77. The van der Waals surface area contributed by atoms with Gasteiger partial charge in [-0.05, 0) is 37.2 Å². The predicted octanol–water partition coefficient (Wildman–Crippen LogP) is 2.64. The number of nitrogens with one attached hydrogen (secondary N) is 2. The van der Waals surface area contributed by atoms with Crippen molar-refractivity contribution >= 4 is 23.2 Å². The highest BCUT2D eigenvalue weighted by Crippen LogP contribution is 2.08. The summed E-state index contributed by atoms with van der Waals surface area (Å²) in [7, 11) is 0. The van der Waals surface area contributed by atoms with Crippen LogP contribution in [0.4, 0.5) is 0 Å². The molecule has 5 heteroatoms. The number of carbonyl (C=O) groups excluding carboxylic acids is 1. The third kappa shape index (κ3) is 7.74. The van der Waals surface area contributed by atoms with Gasteiger partial charge in [-0.15, -0.1) is 0 Å². The molecule has 20 heavy (non-hydrogen) atoms. The van der Waals surface area contributed by atoms with Gasteiger partial charge in [-0.1, -0.05) is 31.5 Å². The SMILES string of the molecule is CCCCNC(=S)NC(=O)CCCOc1ccccc1. The summed E-state index contributed by atoms with van der Waals surface area (Å²) in [5.41, 5.74) is 0. The van der Waals surface area contributed by atoms with Gasteiger partial charge in [0.1, 0.15) is 5.75 Å². The van der Waals surface area contributed by atoms with Crippen LogP contribution in [0.2, 0.25) is 0 Å². The lowest BCUT2D eigenvalue weighted by atomic mass is 10.3. The molecule has 0 atom stereocenters. The van der Waals surface area contributed by atoms with Crippen molar-refractivity contribution in [1.82, 2.24) is 10.6 Å². The Morgan fingerprint density at radius 2 is 2.00 bits per heavy atom. The molecule has 0 bridgehead atoms. The maximum Gasteiger partial charge on any atom is 0.226 e. The minimum atomic E-state index is -0.0735. The van der Waals surface area contributed by atoms with Crippen LogP contribution in [0.5, 0.6) is 5.75 Å². The topological polar surface area (TPSA) is 50.4 Å². The molecule has 2 N–H and O–H groups in total. The first-order valence-corrected chi connectivity index (χ1v) is 7.38. The van der Waals surface area contributed by atoms with Crippen LogP contribution >= 0.6 is 12.2 Å². The van der Waals surface area contributed by atoms with E-state index in [1.54, 1.807) is 0 Å². The molecule has 1 amide bonds. The zero-order chi connectivity index (χ0) is 14.6. The molecule has 0 saturated heterocycles. The van der Waals surface area contributed by atoms with Gasteiger partial charge in [0.2, 0.25) is 5.91 Å². The second kappa shape index (κ2) is 10.2. The molecule has 0 spiro atoms. The Hall–Kier alpha value is -1.62. The van der Waals surface area contributed by atoms with Gasteiger partial charge in [-0.2, -0.15) is 0 Å². The Morgan fingerprint density at radius 3 is 2.70 bits per heavy atom. The van der Waals surface area contributed by atoms with Crippen molar-refractivity contribution in [2.45, 2.75) is 32.6 Å². The number of rotatable bonds is 8. The van der Waals surface area contributed by atoms with Crippen molar-refractivity contribution in [3.8, 4) is 5.75 Å². The Labute approximate surface area is 125 Å². The van der Waals surface area contributed by atoms with E-state index in [1.807, 2.05) is 30.3 Å². The number of thiocarbonyl (C=S) groups is 1. The van der Waals surface area contributed by atoms with E-state index in [9.17, 15) is 4.79 Å². The second-order valence-corrected chi connectivity index (χ2v) is 4.83. The van der Waals surface area contributed by atoms with Gasteiger partial charge in [0.15, 0.2) is 5.11 Å². The van der Waals surface area contributed by atoms with E-state index in [-0.39, 0.29) is 5.91 Å². The summed E-state index contributed by atoms with van der Waals surface area (Å²) in [4.78, 5) is 11.6. The average Bonchev–Trinajstić information content (AvgIpc) is 2.45. The zero-order valence-electron chi connectivity index (χ0n) is 11.9. The number of ether oxygens (including phenoxy) is 1. The van der Waals surface area contributed by atoms with Gasteiger partial charge in [-0.25, -0.2) is 0 Å². The van der Waals surface area contributed by atoms with E-state index in [1.165, 1.54) is 0 Å². The van der Waals surface area contributed by atoms with Crippen LogP contribution in [0.3, 0.4) is 0 Å². The Kier molecular flexibility index (Phi) is 8.38. The first-order valence-electron chi connectivity index (χ1n) is 6.98. The molecule has 0 radical (unpaired) electrons. The van der Waals surface area contributed by atoms with E-state index in [0.29, 0.717) is 24.6 Å². The van der Waals surface area contributed by atoms with E-state index in [2.05, 4.69) is 17.6 Å². The molecule has 0 saturated carbocycles. The molecule has 110 valence electrons. The molecule has 1 aromatic carbocycles. The van der Waals surface area contributed by atoms with Crippen LogP contribution in [0.15, 0.2) is 30.3 Å². The van der Waals surface area contributed by atoms with E-state index in [4.69, 9.17) is 17.0 Å². The number of unbranched alkanes of at least 4 members (excludes halogenated alkanes) is 1. The zero-order valence-corrected chi connectivity index (χ0v) is 12.7. The first kappa shape index (κ1) is 16.4. The number of para-hydroxylation sites is 1. The monoisotopic (exact) mass is 294 g/mol.